The van der Waals surface area contributed by atoms with Gasteiger partial charge in [0.15, 0.2) is 0 Å². The van der Waals surface area contributed by atoms with E-state index in [-0.39, 0.29) is 5.82 Å². The fourth-order valence-corrected chi connectivity index (χ4v) is 1.44. The molecule has 0 saturated heterocycles. The second-order valence-corrected chi connectivity index (χ2v) is 3.02. The van der Waals surface area contributed by atoms with Crippen molar-refractivity contribution in [2.75, 3.05) is 0 Å². The SMILES string of the molecule is CC.CCCc1cc(F)ccc1CC. The van der Waals surface area contributed by atoms with E-state index in [0.717, 1.165) is 19.3 Å². The van der Waals surface area contributed by atoms with Crippen molar-refractivity contribution in [2.45, 2.75) is 47.0 Å². The molecule has 0 spiro atoms. The van der Waals surface area contributed by atoms with Crippen LogP contribution in [0.1, 0.15) is 45.2 Å². The van der Waals surface area contributed by atoms with Gasteiger partial charge in [-0.1, -0.05) is 40.2 Å². The summed E-state index contributed by atoms with van der Waals surface area (Å²) < 4.78 is 12.8. The summed E-state index contributed by atoms with van der Waals surface area (Å²) in [6, 6.07) is 5.08. The average molecular weight is 196 g/mol. The van der Waals surface area contributed by atoms with E-state index in [4.69, 9.17) is 0 Å². The van der Waals surface area contributed by atoms with Crippen LogP contribution < -0.4 is 0 Å². The molecule has 0 aliphatic carbocycles. The molecule has 0 unspecified atom stereocenters. The highest BCUT2D eigenvalue weighted by Gasteiger charge is 2.00. The van der Waals surface area contributed by atoms with Crippen LogP contribution in [0, 0.1) is 5.82 Å². The second kappa shape index (κ2) is 7.54. The van der Waals surface area contributed by atoms with Crippen LogP contribution in [0.4, 0.5) is 4.39 Å². The predicted octanol–water partition coefficient (Wildman–Crippen LogP) is 4.37. The van der Waals surface area contributed by atoms with Crippen molar-refractivity contribution in [3.05, 3.63) is 35.1 Å². The Morgan fingerprint density at radius 3 is 2.21 bits per heavy atom. The lowest BCUT2D eigenvalue weighted by molar-refractivity contribution is 0.623. The fraction of sp³-hybridized carbons (Fsp3) is 0.538. The standard InChI is InChI=1S/C11H15F.C2H6/c1-3-5-10-8-11(12)7-6-9(10)4-2;1-2/h6-8H,3-5H2,1-2H3;1-2H3. The van der Waals surface area contributed by atoms with Crippen LogP contribution >= 0.6 is 0 Å². The summed E-state index contributed by atoms with van der Waals surface area (Å²) in [5, 5.41) is 0. The number of aryl methyl sites for hydroxylation is 2. The van der Waals surface area contributed by atoms with E-state index in [1.807, 2.05) is 19.9 Å². The Hall–Kier alpha value is -0.850. The van der Waals surface area contributed by atoms with E-state index in [9.17, 15) is 4.39 Å². The summed E-state index contributed by atoms with van der Waals surface area (Å²) in [5.74, 6) is -0.115. The highest BCUT2D eigenvalue weighted by Crippen LogP contribution is 2.13. The Morgan fingerprint density at radius 2 is 1.71 bits per heavy atom. The first-order valence-corrected chi connectivity index (χ1v) is 5.55. The normalized spacial score (nSPS) is 9.21. The van der Waals surface area contributed by atoms with E-state index in [2.05, 4.69) is 13.8 Å². The minimum Gasteiger partial charge on any atom is -0.207 e. The Kier molecular flexibility index (Phi) is 7.09. The van der Waals surface area contributed by atoms with Gasteiger partial charge in [-0.2, -0.15) is 0 Å². The Morgan fingerprint density at radius 1 is 1.07 bits per heavy atom. The summed E-state index contributed by atoms with van der Waals surface area (Å²) in [6.07, 6.45) is 3.06. The zero-order valence-corrected chi connectivity index (χ0v) is 9.73. The highest BCUT2D eigenvalue weighted by atomic mass is 19.1. The Bertz CT molecular complexity index is 253. The number of halogens is 1. The fourth-order valence-electron chi connectivity index (χ4n) is 1.44. The van der Waals surface area contributed by atoms with Gasteiger partial charge in [0.25, 0.3) is 0 Å². The van der Waals surface area contributed by atoms with Crippen molar-refractivity contribution < 1.29 is 4.39 Å². The largest absolute Gasteiger partial charge is 0.207 e. The van der Waals surface area contributed by atoms with E-state index < -0.39 is 0 Å². The molecule has 0 aliphatic rings. The van der Waals surface area contributed by atoms with E-state index >= 15 is 0 Å². The van der Waals surface area contributed by atoms with Crippen LogP contribution in [0.15, 0.2) is 18.2 Å². The van der Waals surface area contributed by atoms with Crippen molar-refractivity contribution in [3.63, 3.8) is 0 Å². The first-order chi connectivity index (χ1) is 6.77. The molecule has 0 fully saturated rings. The Labute approximate surface area is 87.2 Å². The Balaban J connectivity index is 0.000000791. The molecule has 1 rings (SSSR count). The molecule has 1 aromatic rings. The quantitative estimate of drug-likeness (QED) is 0.673. The number of rotatable bonds is 3. The zero-order chi connectivity index (χ0) is 11.0. The third-order valence-electron chi connectivity index (χ3n) is 2.07. The van der Waals surface area contributed by atoms with Gasteiger partial charge < -0.3 is 0 Å². The van der Waals surface area contributed by atoms with Gasteiger partial charge in [0.1, 0.15) is 5.82 Å². The van der Waals surface area contributed by atoms with Crippen LogP contribution in [0.5, 0.6) is 0 Å². The monoisotopic (exact) mass is 196 g/mol. The molecule has 0 atom stereocenters. The lowest BCUT2D eigenvalue weighted by atomic mass is 10.0. The number of hydrogen-bond donors (Lipinski definition) is 0. The van der Waals surface area contributed by atoms with E-state index in [0.29, 0.717) is 0 Å². The lowest BCUT2D eigenvalue weighted by Crippen LogP contribution is -1.93. The molecule has 0 heterocycles. The van der Waals surface area contributed by atoms with Crippen molar-refractivity contribution in [3.8, 4) is 0 Å². The molecule has 0 aromatic heterocycles. The maximum atomic E-state index is 12.8. The van der Waals surface area contributed by atoms with Gasteiger partial charge in [0.05, 0.1) is 0 Å². The second-order valence-electron chi connectivity index (χ2n) is 3.02. The minimum absolute atomic E-state index is 0.115. The van der Waals surface area contributed by atoms with Gasteiger partial charge >= 0.3 is 0 Å². The van der Waals surface area contributed by atoms with Gasteiger partial charge in [-0.25, -0.2) is 4.39 Å². The van der Waals surface area contributed by atoms with Crippen LogP contribution in [0.2, 0.25) is 0 Å². The molecule has 0 amide bonds. The van der Waals surface area contributed by atoms with Gasteiger partial charge in [-0.15, -0.1) is 0 Å². The number of benzene rings is 1. The maximum absolute atomic E-state index is 12.8. The van der Waals surface area contributed by atoms with Crippen LogP contribution in [0.25, 0.3) is 0 Å². The molecule has 0 N–H and O–H groups in total. The predicted molar refractivity (Wildman–Crippen MR) is 61.1 cm³/mol. The third kappa shape index (κ3) is 3.91. The smallest absolute Gasteiger partial charge is 0.123 e. The van der Waals surface area contributed by atoms with Crippen molar-refractivity contribution in [1.82, 2.24) is 0 Å². The minimum atomic E-state index is -0.115. The topological polar surface area (TPSA) is 0 Å². The molecule has 0 bridgehead atoms. The molecule has 0 nitrogen and oxygen atoms in total. The molecule has 0 aliphatic heterocycles. The zero-order valence-electron chi connectivity index (χ0n) is 9.73. The first-order valence-electron chi connectivity index (χ1n) is 5.55. The van der Waals surface area contributed by atoms with Gasteiger partial charge in [0.2, 0.25) is 0 Å². The third-order valence-corrected chi connectivity index (χ3v) is 2.07. The van der Waals surface area contributed by atoms with Crippen LogP contribution in [-0.4, -0.2) is 0 Å². The van der Waals surface area contributed by atoms with Gasteiger partial charge in [0, 0.05) is 0 Å². The van der Waals surface area contributed by atoms with Crippen molar-refractivity contribution >= 4 is 0 Å². The summed E-state index contributed by atoms with van der Waals surface area (Å²) in [7, 11) is 0. The van der Waals surface area contributed by atoms with Crippen molar-refractivity contribution in [2.24, 2.45) is 0 Å². The maximum Gasteiger partial charge on any atom is 0.123 e. The van der Waals surface area contributed by atoms with Crippen LogP contribution in [-0.2, 0) is 12.8 Å². The van der Waals surface area contributed by atoms with Gasteiger partial charge in [-0.3, -0.25) is 0 Å². The molecule has 0 saturated carbocycles. The first kappa shape index (κ1) is 13.2. The van der Waals surface area contributed by atoms with E-state index in [1.165, 1.54) is 17.2 Å². The van der Waals surface area contributed by atoms with E-state index in [1.54, 1.807) is 6.07 Å². The van der Waals surface area contributed by atoms with Gasteiger partial charge in [-0.05, 0) is 36.1 Å². The average Bonchev–Trinajstić information content (AvgIpc) is 2.22. The summed E-state index contributed by atoms with van der Waals surface area (Å²) in [4.78, 5) is 0. The lowest BCUT2D eigenvalue weighted by Gasteiger charge is -2.05. The molecular weight excluding hydrogens is 175 g/mol. The molecule has 80 valence electrons. The molecular formula is C13H21F. The summed E-state index contributed by atoms with van der Waals surface area (Å²) in [5.41, 5.74) is 2.44. The van der Waals surface area contributed by atoms with Crippen LogP contribution in [0.3, 0.4) is 0 Å². The highest BCUT2D eigenvalue weighted by molar-refractivity contribution is 5.27. The molecule has 14 heavy (non-hydrogen) atoms. The molecule has 0 radical (unpaired) electrons. The summed E-state index contributed by atoms with van der Waals surface area (Å²) >= 11 is 0. The summed E-state index contributed by atoms with van der Waals surface area (Å²) in [6.45, 7) is 8.22. The number of hydrogen-bond acceptors (Lipinski definition) is 0. The van der Waals surface area contributed by atoms with Crippen molar-refractivity contribution in [1.29, 1.82) is 0 Å². The molecule has 1 aromatic carbocycles. The molecule has 1 heteroatoms.